The Morgan fingerprint density at radius 3 is 3.05 bits per heavy atom. The summed E-state index contributed by atoms with van der Waals surface area (Å²) in [5, 5.41) is 10.00. The first-order chi connectivity index (χ1) is 10.2. The number of phenols is 1. The van der Waals surface area contributed by atoms with Crippen LogP contribution in [0.2, 0.25) is 0 Å². The van der Waals surface area contributed by atoms with Crippen molar-refractivity contribution in [1.82, 2.24) is 4.90 Å². The van der Waals surface area contributed by atoms with Crippen LogP contribution >= 0.6 is 0 Å². The lowest BCUT2D eigenvalue weighted by Gasteiger charge is -2.59. The van der Waals surface area contributed by atoms with Crippen molar-refractivity contribution in [3.05, 3.63) is 29.3 Å². The van der Waals surface area contributed by atoms with Gasteiger partial charge >= 0.3 is 0 Å². The highest BCUT2D eigenvalue weighted by atomic mass is 16.3. The predicted molar refractivity (Wildman–Crippen MR) is 85.7 cm³/mol. The van der Waals surface area contributed by atoms with Gasteiger partial charge in [-0.1, -0.05) is 25.8 Å². The lowest BCUT2D eigenvalue weighted by Crippen LogP contribution is -2.60. The molecule has 0 amide bonds. The average Bonchev–Trinajstić information content (AvgIpc) is 2.51. The van der Waals surface area contributed by atoms with Crippen molar-refractivity contribution >= 4 is 0 Å². The Morgan fingerprint density at radius 2 is 2.19 bits per heavy atom. The highest BCUT2D eigenvalue weighted by Gasteiger charge is 2.53. The van der Waals surface area contributed by atoms with Gasteiger partial charge in [-0.15, -0.1) is 0 Å². The van der Waals surface area contributed by atoms with Crippen molar-refractivity contribution in [3.8, 4) is 5.75 Å². The first-order valence-electron chi connectivity index (χ1n) is 8.81. The van der Waals surface area contributed by atoms with Crippen LogP contribution in [0.5, 0.6) is 5.75 Å². The number of benzene rings is 1. The molecule has 114 valence electrons. The maximum Gasteiger partial charge on any atom is 0.115 e. The van der Waals surface area contributed by atoms with Gasteiger partial charge in [0.25, 0.3) is 0 Å². The number of likely N-dealkylation sites (tertiary alicyclic amines) is 1. The van der Waals surface area contributed by atoms with E-state index in [1.165, 1.54) is 69.2 Å². The Morgan fingerprint density at radius 1 is 1.29 bits per heavy atom. The number of nitrogens with zero attached hydrogens (tertiary/aromatic N) is 1. The van der Waals surface area contributed by atoms with Crippen LogP contribution in [0.3, 0.4) is 0 Å². The van der Waals surface area contributed by atoms with E-state index in [0.717, 1.165) is 12.0 Å². The quantitative estimate of drug-likeness (QED) is 0.892. The summed E-state index contributed by atoms with van der Waals surface area (Å²) in [5.41, 5.74) is 3.38. The summed E-state index contributed by atoms with van der Waals surface area (Å²) in [6.07, 6.45) is 9.25. The van der Waals surface area contributed by atoms with Gasteiger partial charge in [-0.05, 0) is 74.4 Å². The van der Waals surface area contributed by atoms with Crippen LogP contribution in [0.4, 0.5) is 0 Å². The molecule has 0 aromatic heterocycles. The zero-order valence-corrected chi connectivity index (χ0v) is 13.1. The summed E-state index contributed by atoms with van der Waals surface area (Å²) in [4.78, 5) is 2.77. The fraction of sp³-hybridized carbons (Fsp3) is 0.684. The number of fused-ring (bicyclic) bond motifs is 1. The second-order valence-electron chi connectivity index (χ2n) is 7.41. The van der Waals surface area contributed by atoms with Crippen LogP contribution in [-0.4, -0.2) is 29.1 Å². The van der Waals surface area contributed by atoms with Crippen molar-refractivity contribution < 1.29 is 5.11 Å². The SMILES string of the molecule is CCCN1CC[C@]23CCCC[C@H]2[C@@H]1Cc1ccc(O)cc13. The van der Waals surface area contributed by atoms with E-state index in [1.54, 1.807) is 0 Å². The van der Waals surface area contributed by atoms with Crippen LogP contribution in [0.15, 0.2) is 18.2 Å². The maximum absolute atomic E-state index is 10.00. The maximum atomic E-state index is 10.00. The largest absolute Gasteiger partial charge is 0.508 e. The first-order valence-corrected chi connectivity index (χ1v) is 8.81. The van der Waals surface area contributed by atoms with Gasteiger partial charge in [0.1, 0.15) is 5.75 Å². The van der Waals surface area contributed by atoms with E-state index < -0.39 is 0 Å². The number of aromatic hydroxyl groups is 1. The molecule has 2 nitrogen and oxygen atoms in total. The Bertz CT molecular complexity index is 540. The summed E-state index contributed by atoms with van der Waals surface area (Å²) in [5.74, 6) is 1.28. The molecule has 1 saturated heterocycles. The standard InChI is InChI=1S/C19H27NO/c1-2-10-20-11-9-19-8-4-3-5-16(19)18(20)12-14-6-7-15(21)13-17(14)19/h6-7,13,16,18,21H,2-5,8-12H2,1H3/t16-,18-,19+/m0/s1. The van der Waals surface area contributed by atoms with Crippen LogP contribution in [0.25, 0.3) is 0 Å². The number of rotatable bonds is 2. The van der Waals surface area contributed by atoms with Gasteiger partial charge < -0.3 is 5.11 Å². The molecule has 3 atom stereocenters. The van der Waals surface area contributed by atoms with E-state index in [9.17, 15) is 5.11 Å². The molecule has 2 aliphatic carbocycles. The summed E-state index contributed by atoms with van der Waals surface area (Å²) >= 11 is 0. The number of phenolic OH excluding ortho intramolecular Hbond substituents is 1. The first kappa shape index (κ1) is 13.6. The summed E-state index contributed by atoms with van der Waals surface area (Å²) in [6, 6.07) is 6.92. The minimum atomic E-state index is 0.374. The highest BCUT2D eigenvalue weighted by Crippen LogP contribution is 2.56. The lowest BCUT2D eigenvalue weighted by atomic mass is 9.52. The zero-order valence-electron chi connectivity index (χ0n) is 13.1. The molecule has 1 saturated carbocycles. The minimum Gasteiger partial charge on any atom is -0.508 e. The monoisotopic (exact) mass is 285 g/mol. The van der Waals surface area contributed by atoms with Gasteiger partial charge in [0.2, 0.25) is 0 Å². The van der Waals surface area contributed by atoms with E-state index in [2.05, 4.69) is 24.0 Å². The molecule has 0 spiro atoms. The number of hydrogen-bond donors (Lipinski definition) is 1. The Hall–Kier alpha value is -1.02. The molecule has 2 bridgehead atoms. The fourth-order valence-corrected chi connectivity index (χ4v) is 5.64. The van der Waals surface area contributed by atoms with Crippen molar-refractivity contribution in [3.63, 3.8) is 0 Å². The molecule has 3 aliphatic rings. The molecule has 0 unspecified atom stereocenters. The van der Waals surface area contributed by atoms with E-state index in [4.69, 9.17) is 0 Å². The van der Waals surface area contributed by atoms with E-state index in [1.807, 2.05) is 6.07 Å². The van der Waals surface area contributed by atoms with Crippen molar-refractivity contribution in [2.24, 2.45) is 5.92 Å². The Labute approximate surface area is 128 Å². The third-order valence-corrected chi connectivity index (χ3v) is 6.45. The van der Waals surface area contributed by atoms with Gasteiger partial charge in [0.05, 0.1) is 0 Å². The molecule has 1 N–H and O–H groups in total. The van der Waals surface area contributed by atoms with E-state index >= 15 is 0 Å². The lowest BCUT2D eigenvalue weighted by molar-refractivity contribution is -0.0111. The van der Waals surface area contributed by atoms with Crippen molar-refractivity contribution in [2.45, 2.75) is 63.3 Å². The normalized spacial score (nSPS) is 35.1. The third kappa shape index (κ3) is 1.95. The molecule has 4 rings (SSSR count). The number of piperidine rings is 1. The highest BCUT2D eigenvalue weighted by molar-refractivity contribution is 5.45. The number of hydrogen-bond acceptors (Lipinski definition) is 2. The zero-order chi connectivity index (χ0) is 14.4. The molecule has 2 heteroatoms. The minimum absolute atomic E-state index is 0.374. The van der Waals surface area contributed by atoms with Crippen LogP contribution < -0.4 is 0 Å². The van der Waals surface area contributed by atoms with Crippen molar-refractivity contribution in [2.75, 3.05) is 13.1 Å². The van der Waals surface area contributed by atoms with E-state index in [0.29, 0.717) is 11.2 Å². The molecule has 1 aliphatic heterocycles. The Kier molecular flexibility index (Phi) is 3.25. The second kappa shape index (κ2) is 5.01. The Balaban J connectivity index is 1.81. The summed E-state index contributed by atoms with van der Waals surface area (Å²) in [6.45, 7) is 4.81. The van der Waals surface area contributed by atoms with Crippen LogP contribution in [-0.2, 0) is 11.8 Å². The summed E-state index contributed by atoms with van der Waals surface area (Å²) in [7, 11) is 0. The van der Waals surface area contributed by atoms with Crippen LogP contribution in [0, 0.1) is 5.92 Å². The van der Waals surface area contributed by atoms with Crippen molar-refractivity contribution in [1.29, 1.82) is 0 Å². The fourth-order valence-electron chi connectivity index (χ4n) is 5.64. The van der Waals surface area contributed by atoms with Gasteiger partial charge in [-0.3, -0.25) is 4.90 Å². The molecule has 2 fully saturated rings. The van der Waals surface area contributed by atoms with Gasteiger partial charge in [0.15, 0.2) is 0 Å². The van der Waals surface area contributed by atoms with Gasteiger partial charge in [0, 0.05) is 11.5 Å². The van der Waals surface area contributed by atoms with Gasteiger partial charge in [-0.2, -0.15) is 0 Å². The molecule has 1 aromatic carbocycles. The molecule has 1 heterocycles. The molecular formula is C19H27NO. The smallest absolute Gasteiger partial charge is 0.115 e. The molecule has 21 heavy (non-hydrogen) atoms. The average molecular weight is 285 g/mol. The topological polar surface area (TPSA) is 23.5 Å². The summed E-state index contributed by atoms with van der Waals surface area (Å²) < 4.78 is 0. The predicted octanol–water partition coefficient (Wildman–Crippen LogP) is 3.86. The van der Waals surface area contributed by atoms with Crippen LogP contribution in [0.1, 0.15) is 56.6 Å². The molecule has 1 aromatic rings. The third-order valence-electron chi connectivity index (χ3n) is 6.45. The second-order valence-corrected chi connectivity index (χ2v) is 7.41. The molecular weight excluding hydrogens is 258 g/mol. The van der Waals surface area contributed by atoms with Gasteiger partial charge in [-0.25, -0.2) is 0 Å². The van der Waals surface area contributed by atoms with E-state index in [-0.39, 0.29) is 0 Å². The molecule has 0 radical (unpaired) electrons.